The number of carbonyl (C=O) groups is 1. The standard InChI is InChI=1S/C8H16N2O/c1-7(2)6-10-8(11)4-3-5-9-10/h7,9H,3-6H2,1-2H3. The first-order valence-electron chi connectivity index (χ1n) is 4.24. The van der Waals surface area contributed by atoms with Crippen LogP contribution in [0.1, 0.15) is 26.7 Å². The Labute approximate surface area is 67.7 Å². The van der Waals surface area contributed by atoms with Gasteiger partial charge in [0.05, 0.1) is 0 Å². The zero-order chi connectivity index (χ0) is 8.27. The van der Waals surface area contributed by atoms with Crippen LogP contribution < -0.4 is 5.43 Å². The van der Waals surface area contributed by atoms with Gasteiger partial charge in [0, 0.05) is 19.5 Å². The average molecular weight is 156 g/mol. The highest BCUT2D eigenvalue weighted by Crippen LogP contribution is 2.04. The minimum absolute atomic E-state index is 0.241. The van der Waals surface area contributed by atoms with Gasteiger partial charge in [-0.1, -0.05) is 13.8 Å². The molecule has 3 heteroatoms. The smallest absolute Gasteiger partial charge is 0.236 e. The topological polar surface area (TPSA) is 32.3 Å². The van der Waals surface area contributed by atoms with Crippen LogP contribution in [0, 0.1) is 5.92 Å². The van der Waals surface area contributed by atoms with E-state index in [2.05, 4.69) is 19.3 Å². The van der Waals surface area contributed by atoms with Gasteiger partial charge < -0.3 is 0 Å². The summed E-state index contributed by atoms with van der Waals surface area (Å²) in [5.41, 5.74) is 3.08. The van der Waals surface area contributed by atoms with Crippen LogP contribution in [0.5, 0.6) is 0 Å². The number of hydrogen-bond acceptors (Lipinski definition) is 2. The summed E-state index contributed by atoms with van der Waals surface area (Å²) in [5, 5.41) is 1.74. The van der Waals surface area contributed by atoms with Crippen LogP contribution in [-0.2, 0) is 4.79 Å². The maximum Gasteiger partial charge on any atom is 0.236 e. The van der Waals surface area contributed by atoms with Crippen molar-refractivity contribution in [2.45, 2.75) is 26.7 Å². The number of hydrazine groups is 1. The summed E-state index contributed by atoms with van der Waals surface area (Å²) in [5.74, 6) is 0.787. The fourth-order valence-corrected chi connectivity index (χ4v) is 1.21. The van der Waals surface area contributed by atoms with Gasteiger partial charge in [0.1, 0.15) is 0 Å². The van der Waals surface area contributed by atoms with Gasteiger partial charge in [-0.15, -0.1) is 0 Å². The van der Waals surface area contributed by atoms with Crippen molar-refractivity contribution in [3.05, 3.63) is 0 Å². The van der Waals surface area contributed by atoms with Crippen LogP contribution in [0.4, 0.5) is 0 Å². The minimum atomic E-state index is 0.241. The molecule has 0 aromatic carbocycles. The number of rotatable bonds is 2. The predicted molar refractivity (Wildman–Crippen MR) is 43.8 cm³/mol. The molecule has 11 heavy (non-hydrogen) atoms. The molecule has 0 spiro atoms. The van der Waals surface area contributed by atoms with E-state index in [1.165, 1.54) is 0 Å². The van der Waals surface area contributed by atoms with Gasteiger partial charge in [0.15, 0.2) is 0 Å². The maximum atomic E-state index is 11.2. The number of amides is 1. The van der Waals surface area contributed by atoms with E-state index in [4.69, 9.17) is 0 Å². The molecule has 0 aromatic heterocycles. The molecule has 1 fully saturated rings. The van der Waals surface area contributed by atoms with Crippen molar-refractivity contribution < 1.29 is 4.79 Å². The van der Waals surface area contributed by atoms with Crippen LogP contribution in [0.2, 0.25) is 0 Å². The second-order valence-corrected chi connectivity index (χ2v) is 3.41. The molecule has 1 aliphatic heterocycles. The Balaban J connectivity index is 2.36. The lowest BCUT2D eigenvalue weighted by molar-refractivity contribution is -0.137. The number of nitrogens with one attached hydrogen (secondary N) is 1. The van der Waals surface area contributed by atoms with Crippen molar-refractivity contribution in [2.75, 3.05) is 13.1 Å². The lowest BCUT2D eigenvalue weighted by Crippen LogP contribution is -2.48. The van der Waals surface area contributed by atoms with Gasteiger partial charge >= 0.3 is 0 Å². The van der Waals surface area contributed by atoms with Gasteiger partial charge in [-0.25, -0.2) is 5.43 Å². The van der Waals surface area contributed by atoms with Crippen molar-refractivity contribution >= 4 is 5.91 Å². The highest BCUT2D eigenvalue weighted by molar-refractivity contribution is 5.76. The molecular weight excluding hydrogens is 140 g/mol. The van der Waals surface area contributed by atoms with E-state index in [1.807, 2.05) is 0 Å². The van der Waals surface area contributed by atoms with Crippen molar-refractivity contribution in [2.24, 2.45) is 5.92 Å². The summed E-state index contributed by atoms with van der Waals surface area (Å²) in [4.78, 5) is 11.2. The Morgan fingerprint density at radius 3 is 2.91 bits per heavy atom. The SMILES string of the molecule is CC(C)CN1NCCCC1=O. The summed E-state index contributed by atoms with van der Waals surface area (Å²) in [6.07, 6.45) is 1.69. The largest absolute Gasteiger partial charge is 0.278 e. The Bertz CT molecular complexity index is 145. The molecule has 1 N–H and O–H groups in total. The second-order valence-electron chi connectivity index (χ2n) is 3.41. The van der Waals surface area contributed by atoms with Gasteiger partial charge in [-0.3, -0.25) is 9.80 Å². The maximum absolute atomic E-state index is 11.2. The zero-order valence-electron chi connectivity index (χ0n) is 7.26. The van der Waals surface area contributed by atoms with Crippen LogP contribution >= 0.6 is 0 Å². The molecule has 0 unspecified atom stereocenters. The minimum Gasteiger partial charge on any atom is -0.278 e. The zero-order valence-corrected chi connectivity index (χ0v) is 7.26. The van der Waals surface area contributed by atoms with Crippen molar-refractivity contribution in [1.29, 1.82) is 0 Å². The second kappa shape index (κ2) is 3.72. The third kappa shape index (κ3) is 2.50. The highest BCUT2D eigenvalue weighted by atomic mass is 16.2. The van der Waals surface area contributed by atoms with Gasteiger partial charge in [0.25, 0.3) is 0 Å². The summed E-state index contributed by atoms with van der Waals surface area (Å²) < 4.78 is 0. The van der Waals surface area contributed by atoms with Crippen molar-refractivity contribution in [3.63, 3.8) is 0 Å². The first-order valence-corrected chi connectivity index (χ1v) is 4.24. The van der Waals surface area contributed by atoms with E-state index < -0.39 is 0 Å². The quantitative estimate of drug-likeness (QED) is 0.640. The summed E-state index contributed by atoms with van der Waals surface area (Å²) in [6.45, 7) is 6.00. The van der Waals surface area contributed by atoms with E-state index in [-0.39, 0.29) is 5.91 Å². The summed E-state index contributed by atoms with van der Waals surface area (Å²) >= 11 is 0. The molecule has 1 heterocycles. The first-order chi connectivity index (χ1) is 5.20. The molecule has 0 aliphatic carbocycles. The van der Waals surface area contributed by atoms with Gasteiger partial charge in [0.2, 0.25) is 5.91 Å². The van der Waals surface area contributed by atoms with Gasteiger partial charge in [-0.05, 0) is 12.3 Å². The molecule has 0 atom stereocenters. The Morgan fingerprint density at radius 1 is 1.64 bits per heavy atom. The molecule has 0 bridgehead atoms. The number of carbonyl (C=O) groups excluding carboxylic acids is 1. The van der Waals surface area contributed by atoms with E-state index >= 15 is 0 Å². The molecule has 0 aromatic rings. The molecule has 1 saturated heterocycles. The van der Waals surface area contributed by atoms with Crippen LogP contribution in [-0.4, -0.2) is 24.0 Å². The fraction of sp³-hybridized carbons (Fsp3) is 0.875. The normalized spacial score (nSPS) is 19.5. The van der Waals surface area contributed by atoms with E-state index in [0.717, 1.165) is 19.5 Å². The predicted octanol–water partition coefficient (Wildman–Crippen LogP) is 0.769. The monoisotopic (exact) mass is 156 g/mol. The van der Waals surface area contributed by atoms with Crippen molar-refractivity contribution in [1.82, 2.24) is 10.4 Å². The molecule has 0 saturated carbocycles. The lowest BCUT2D eigenvalue weighted by Gasteiger charge is -2.28. The molecule has 1 aliphatic rings. The fourth-order valence-electron chi connectivity index (χ4n) is 1.21. The summed E-state index contributed by atoms with van der Waals surface area (Å²) in [7, 11) is 0. The Kier molecular flexibility index (Phi) is 2.88. The molecule has 0 radical (unpaired) electrons. The van der Waals surface area contributed by atoms with E-state index in [1.54, 1.807) is 5.01 Å². The molecular formula is C8H16N2O. The molecule has 1 amide bonds. The lowest BCUT2D eigenvalue weighted by atomic mass is 10.2. The Hall–Kier alpha value is -0.570. The van der Waals surface area contributed by atoms with Crippen molar-refractivity contribution in [3.8, 4) is 0 Å². The third-order valence-electron chi connectivity index (χ3n) is 1.72. The van der Waals surface area contributed by atoms with Gasteiger partial charge in [-0.2, -0.15) is 0 Å². The van der Waals surface area contributed by atoms with E-state index in [9.17, 15) is 4.79 Å². The van der Waals surface area contributed by atoms with Crippen LogP contribution in [0.15, 0.2) is 0 Å². The molecule has 1 rings (SSSR count). The average Bonchev–Trinajstić information content (AvgIpc) is 1.93. The summed E-state index contributed by atoms with van der Waals surface area (Å²) in [6, 6.07) is 0. The van der Waals surface area contributed by atoms with Crippen LogP contribution in [0.3, 0.4) is 0 Å². The third-order valence-corrected chi connectivity index (χ3v) is 1.72. The Morgan fingerprint density at radius 2 is 2.36 bits per heavy atom. The number of nitrogens with zero attached hydrogens (tertiary/aromatic N) is 1. The highest BCUT2D eigenvalue weighted by Gasteiger charge is 2.17. The number of hydrogen-bond donors (Lipinski definition) is 1. The first kappa shape index (κ1) is 8.53. The van der Waals surface area contributed by atoms with Crippen LogP contribution in [0.25, 0.3) is 0 Å². The molecule has 64 valence electrons. The van der Waals surface area contributed by atoms with E-state index in [0.29, 0.717) is 12.3 Å². The molecule has 3 nitrogen and oxygen atoms in total.